The van der Waals surface area contributed by atoms with Crippen molar-refractivity contribution in [1.82, 2.24) is 0 Å². The lowest BCUT2D eigenvalue weighted by molar-refractivity contribution is -0.145. The number of halogens is 1. The van der Waals surface area contributed by atoms with Gasteiger partial charge in [0, 0.05) is 11.4 Å². The maximum atomic E-state index is 11.3. The Bertz CT molecular complexity index is 610. The molecule has 4 nitrogen and oxygen atoms in total. The van der Waals surface area contributed by atoms with E-state index in [0.717, 1.165) is 5.56 Å². The van der Waals surface area contributed by atoms with Crippen molar-refractivity contribution in [2.75, 3.05) is 7.11 Å². The van der Waals surface area contributed by atoms with Gasteiger partial charge in [0.15, 0.2) is 6.10 Å². The largest absolute Gasteiger partial charge is 0.497 e. The molecule has 0 aliphatic heterocycles. The lowest BCUT2D eigenvalue weighted by atomic mass is 10.1. The van der Waals surface area contributed by atoms with Gasteiger partial charge in [0.2, 0.25) is 0 Å². The molecule has 0 saturated heterocycles. The zero-order valence-electron chi connectivity index (χ0n) is 11.5. The molecule has 0 unspecified atom stereocenters. The number of rotatable bonds is 6. The Hall–Kier alpha value is -2.20. The molecule has 1 N–H and O–H groups in total. The number of hydrogen-bond acceptors (Lipinski definition) is 3. The molecule has 0 bridgehead atoms. The number of carbonyl (C=O) groups is 1. The number of ether oxygens (including phenoxy) is 2. The Morgan fingerprint density at radius 1 is 1.14 bits per heavy atom. The van der Waals surface area contributed by atoms with Gasteiger partial charge < -0.3 is 14.6 Å². The first kappa shape index (κ1) is 15.2. The van der Waals surface area contributed by atoms with Crippen LogP contribution in [0.25, 0.3) is 0 Å². The summed E-state index contributed by atoms with van der Waals surface area (Å²) in [5.41, 5.74) is 0.736. The molecule has 1 atom stereocenters. The monoisotopic (exact) mass is 306 g/mol. The fourth-order valence-corrected chi connectivity index (χ4v) is 2.07. The molecular formula is C16H15ClO4. The van der Waals surface area contributed by atoms with Gasteiger partial charge >= 0.3 is 5.97 Å². The van der Waals surface area contributed by atoms with Gasteiger partial charge in [-0.05, 0) is 35.9 Å². The van der Waals surface area contributed by atoms with E-state index in [1.165, 1.54) is 0 Å². The Kier molecular flexibility index (Phi) is 5.06. The van der Waals surface area contributed by atoms with Crippen molar-refractivity contribution in [2.45, 2.75) is 12.5 Å². The van der Waals surface area contributed by atoms with Crippen LogP contribution in [0.3, 0.4) is 0 Å². The molecular weight excluding hydrogens is 292 g/mol. The highest BCUT2D eigenvalue weighted by Crippen LogP contribution is 2.21. The quantitative estimate of drug-likeness (QED) is 0.888. The molecule has 0 spiro atoms. The van der Waals surface area contributed by atoms with Crippen LogP contribution in [0, 0.1) is 0 Å². The van der Waals surface area contributed by atoms with Crippen LogP contribution in [0.5, 0.6) is 11.5 Å². The second-order valence-corrected chi connectivity index (χ2v) is 4.82. The Labute approximate surface area is 127 Å². The summed E-state index contributed by atoms with van der Waals surface area (Å²) < 4.78 is 10.6. The van der Waals surface area contributed by atoms with Crippen molar-refractivity contribution < 1.29 is 19.4 Å². The van der Waals surface area contributed by atoms with Crippen LogP contribution in [0.15, 0.2) is 48.5 Å². The predicted molar refractivity (Wildman–Crippen MR) is 80.2 cm³/mol. The van der Waals surface area contributed by atoms with Crippen LogP contribution in [-0.4, -0.2) is 24.3 Å². The molecule has 21 heavy (non-hydrogen) atoms. The van der Waals surface area contributed by atoms with Crippen molar-refractivity contribution in [3.8, 4) is 11.5 Å². The summed E-state index contributed by atoms with van der Waals surface area (Å²) in [6.45, 7) is 0. The molecule has 0 fully saturated rings. The van der Waals surface area contributed by atoms with E-state index < -0.39 is 12.1 Å². The molecule has 2 aromatic carbocycles. The highest BCUT2D eigenvalue weighted by Gasteiger charge is 2.21. The molecule has 2 rings (SSSR count). The SMILES string of the molecule is COc1ccc(O[C@H](Cc2ccccc2Cl)C(=O)O)cc1. The van der Waals surface area contributed by atoms with E-state index in [9.17, 15) is 9.90 Å². The Morgan fingerprint density at radius 2 is 1.76 bits per heavy atom. The normalized spacial score (nSPS) is 11.7. The van der Waals surface area contributed by atoms with Crippen molar-refractivity contribution in [3.05, 3.63) is 59.1 Å². The van der Waals surface area contributed by atoms with Crippen LogP contribution in [0.2, 0.25) is 5.02 Å². The molecule has 0 amide bonds. The average Bonchev–Trinajstić information content (AvgIpc) is 2.49. The van der Waals surface area contributed by atoms with Crippen LogP contribution in [0.4, 0.5) is 0 Å². The fourth-order valence-electron chi connectivity index (χ4n) is 1.86. The van der Waals surface area contributed by atoms with Crippen molar-refractivity contribution in [1.29, 1.82) is 0 Å². The maximum absolute atomic E-state index is 11.3. The van der Waals surface area contributed by atoms with Crippen molar-refractivity contribution in [2.24, 2.45) is 0 Å². The topological polar surface area (TPSA) is 55.8 Å². The van der Waals surface area contributed by atoms with E-state index in [1.54, 1.807) is 49.6 Å². The summed E-state index contributed by atoms with van der Waals surface area (Å²) in [4.78, 5) is 11.3. The van der Waals surface area contributed by atoms with E-state index in [2.05, 4.69) is 0 Å². The lowest BCUT2D eigenvalue weighted by Gasteiger charge is -2.16. The van der Waals surface area contributed by atoms with Gasteiger partial charge in [0.25, 0.3) is 0 Å². The Morgan fingerprint density at radius 3 is 2.33 bits per heavy atom. The molecule has 0 aliphatic rings. The van der Waals surface area contributed by atoms with Crippen LogP contribution in [-0.2, 0) is 11.2 Å². The standard InChI is InChI=1S/C16H15ClO4/c1-20-12-6-8-13(9-7-12)21-15(16(18)19)10-11-4-2-3-5-14(11)17/h2-9,15H,10H2,1H3,(H,18,19)/t15-/m1/s1. The smallest absolute Gasteiger partial charge is 0.345 e. The van der Waals surface area contributed by atoms with E-state index in [4.69, 9.17) is 21.1 Å². The predicted octanol–water partition coefficient (Wildman–Crippen LogP) is 3.42. The minimum Gasteiger partial charge on any atom is -0.497 e. The summed E-state index contributed by atoms with van der Waals surface area (Å²) >= 11 is 6.05. The average molecular weight is 307 g/mol. The van der Waals surface area contributed by atoms with E-state index in [0.29, 0.717) is 16.5 Å². The first-order valence-corrected chi connectivity index (χ1v) is 6.75. The summed E-state index contributed by atoms with van der Waals surface area (Å²) in [6, 6.07) is 13.9. The fraction of sp³-hybridized carbons (Fsp3) is 0.188. The molecule has 110 valence electrons. The van der Waals surface area contributed by atoms with Gasteiger partial charge in [-0.1, -0.05) is 29.8 Å². The number of carboxylic acid groups (broad SMARTS) is 1. The number of hydrogen-bond donors (Lipinski definition) is 1. The molecule has 0 aromatic heterocycles. The van der Waals surface area contributed by atoms with Gasteiger partial charge in [-0.2, -0.15) is 0 Å². The summed E-state index contributed by atoms with van der Waals surface area (Å²) in [5, 5.41) is 9.82. The highest BCUT2D eigenvalue weighted by molar-refractivity contribution is 6.31. The Balaban J connectivity index is 2.12. The van der Waals surface area contributed by atoms with Crippen LogP contribution in [0.1, 0.15) is 5.56 Å². The minimum absolute atomic E-state index is 0.195. The van der Waals surface area contributed by atoms with Crippen molar-refractivity contribution in [3.63, 3.8) is 0 Å². The number of carboxylic acids is 1. The first-order chi connectivity index (χ1) is 10.1. The first-order valence-electron chi connectivity index (χ1n) is 6.37. The van der Waals surface area contributed by atoms with Gasteiger partial charge in [0.05, 0.1) is 7.11 Å². The van der Waals surface area contributed by atoms with Gasteiger partial charge in [0.1, 0.15) is 11.5 Å². The molecule has 2 aromatic rings. The van der Waals surface area contributed by atoms with Gasteiger partial charge in [-0.25, -0.2) is 4.79 Å². The molecule has 0 radical (unpaired) electrons. The molecule has 0 aliphatic carbocycles. The third-order valence-electron chi connectivity index (χ3n) is 2.98. The van der Waals surface area contributed by atoms with Gasteiger partial charge in [-0.15, -0.1) is 0 Å². The van der Waals surface area contributed by atoms with Crippen LogP contribution < -0.4 is 9.47 Å². The van der Waals surface area contributed by atoms with E-state index in [-0.39, 0.29) is 6.42 Å². The summed E-state index contributed by atoms with van der Waals surface area (Å²) in [5.74, 6) is 0.112. The number of aliphatic carboxylic acids is 1. The third-order valence-corrected chi connectivity index (χ3v) is 3.35. The maximum Gasteiger partial charge on any atom is 0.345 e. The minimum atomic E-state index is -1.04. The lowest BCUT2D eigenvalue weighted by Crippen LogP contribution is -2.29. The molecule has 0 heterocycles. The molecule has 0 saturated carbocycles. The summed E-state index contributed by atoms with van der Waals surface area (Å²) in [7, 11) is 1.56. The number of benzene rings is 2. The highest BCUT2D eigenvalue weighted by atomic mass is 35.5. The zero-order valence-corrected chi connectivity index (χ0v) is 12.2. The van der Waals surface area contributed by atoms with Crippen molar-refractivity contribution >= 4 is 17.6 Å². The van der Waals surface area contributed by atoms with Crippen LogP contribution >= 0.6 is 11.6 Å². The second kappa shape index (κ2) is 6.99. The zero-order chi connectivity index (χ0) is 15.2. The number of methoxy groups -OCH3 is 1. The summed E-state index contributed by atoms with van der Waals surface area (Å²) in [6.07, 6.45) is -0.806. The van der Waals surface area contributed by atoms with Gasteiger partial charge in [-0.3, -0.25) is 0 Å². The van der Waals surface area contributed by atoms with E-state index in [1.807, 2.05) is 6.07 Å². The third kappa shape index (κ3) is 4.13. The van der Waals surface area contributed by atoms with E-state index >= 15 is 0 Å². The second-order valence-electron chi connectivity index (χ2n) is 4.42. The molecule has 5 heteroatoms.